The average molecular weight is 454 g/mol. The molecule has 2 heterocycles. The van der Waals surface area contributed by atoms with Gasteiger partial charge in [0.25, 0.3) is 5.91 Å². The summed E-state index contributed by atoms with van der Waals surface area (Å²) in [4.78, 5) is 17.7. The van der Waals surface area contributed by atoms with Crippen LogP contribution >= 0.6 is 0 Å². The molecule has 1 saturated heterocycles. The lowest BCUT2D eigenvalue weighted by Gasteiger charge is -2.35. The first-order valence-electron chi connectivity index (χ1n) is 11.8. The Morgan fingerprint density at radius 3 is 2.55 bits per heavy atom. The zero-order chi connectivity index (χ0) is 23.2. The number of nitrogens with two attached hydrogens (primary N) is 1. The van der Waals surface area contributed by atoms with Crippen LogP contribution in [-0.4, -0.2) is 61.3 Å². The van der Waals surface area contributed by atoms with Crippen molar-refractivity contribution in [3.8, 4) is 11.5 Å². The number of rotatable bonds is 7. The predicted octanol–water partition coefficient (Wildman–Crippen LogP) is 3.32. The summed E-state index contributed by atoms with van der Waals surface area (Å²) in [6, 6.07) is 13.9. The topological polar surface area (TPSA) is 77.3 Å². The lowest BCUT2D eigenvalue weighted by Crippen LogP contribution is -2.51. The standard InChI is InChI=1S/C26H35N3O4/c1-19(2)15-29(17-21-6-9-23-24(14-21)32-12-3-11-31-23)26(30)25-18-28(10-13-33-25)16-20-4-7-22(27)8-5-20/h4-9,14,19,25H,3,10-13,15-18,27H2,1-2H3. The van der Waals surface area contributed by atoms with Gasteiger partial charge in [-0.3, -0.25) is 9.69 Å². The summed E-state index contributed by atoms with van der Waals surface area (Å²) in [6.45, 7) is 9.47. The SMILES string of the molecule is CC(C)CN(Cc1ccc2c(c1)OCCCO2)C(=O)C1CN(Cc2ccc(N)cc2)CCO1. The maximum Gasteiger partial charge on any atom is 0.253 e. The molecular formula is C26H35N3O4. The molecular weight excluding hydrogens is 418 g/mol. The Balaban J connectivity index is 1.43. The number of ether oxygens (including phenoxy) is 3. The summed E-state index contributed by atoms with van der Waals surface area (Å²) >= 11 is 0. The fourth-order valence-electron chi connectivity index (χ4n) is 4.28. The van der Waals surface area contributed by atoms with Crippen molar-refractivity contribution >= 4 is 11.6 Å². The monoisotopic (exact) mass is 453 g/mol. The minimum Gasteiger partial charge on any atom is -0.490 e. The molecule has 7 nitrogen and oxygen atoms in total. The molecule has 2 aliphatic heterocycles. The third kappa shape index (κ3) is 6.39. The van der Waals surface area contributed by atoms with Crippen molar-refractivity contribution in [2.45, 2.75) is 39.5 Å². The number of amides is 1. The number of nitrogen functional groups attached to an aromatic ring is 1. The summed E-state index contributed by atoms with van der Waals surface area (Å²) in [6.07, 6.45) is 0.403. The minimum absolute atomic E-state index is 0.0396. The molecule has 2 aromatic carbocycles. The number of hydrogen-bond donors (Lipinski definition) is 1. The van der Waals surface area contributed by atoms with E-state index in [0.29, 0.717) is 45.4 Å². The maximum atomic E-state index is 13.5. The molecule has 0 bridgehead atoms. The average Bonchev–Trinajstić information content (AvgIpc) is 3.05. The molecule has 0 spiro atoms. The Kier molecular flexibility index (Phi) is 7.73. The molecule has 0 saturated carbocycles. The first-order valence-corrected chi connectivity index (χ1v) is 11.8. The second-order valence-corrected chi connectivity index (χ2v) is 9.28. The fraction of sp³-hybridized carbons (Fsp3) is 0.500. The van der Waals surface area contributed by atoms with E-state index in [1.165, 1.54) is 5.56 Å². The summed E-state index contributed by atoms with van der Waals surface area (Å²) in [5.41, 5.74) is 8.78. The zero-order valence-corrected chi connectivity index (χ0v) is 19.7. The van der Waals surface area contributed by atoms with Crippen LogP contribution in [0.2, 0.25) is 0 Å². The van der Waals surface area contributed by atoms with Crippen LogP contribution < -0.4 is 15.2 Å². The third-order valence-electron chi connectivity index (χ3n) is 5.89. The third-order valence-corrected chi connectivity index (χ3v) is 5.89. The van der Waals surface area contributed by atoms with Gasteiger partial charge in [0, 0.05) is 44.8 Å². The molecule has 178 valence electrons. The fourth-order valence-corrected chi connectivity index (χ4v) is 4.28. The number of benzene rings is 2. The van der Waals surface area contributed by atoms with Gasteiger partial charge >= 0.3 is 0 Å². The van der Waals surface area contributed by atoms with Crippen molar-refractivity contribution in [1.29, 1.82) is 0 Å². The lowest BCUT2D eigenvalue weighted by atomic mass is 10.1. The van der Waals surface area contributed by atoms with Gasteiger partial charge in [-0.15, -0.1) is 0 Å². The molecule has 33 heavy (non-hydrogen) atoms. The van der Waals surface area contributed by atoms with Crippen LogP contribution in [0.5, 0.6) is 11.5 Å². The Morgan fingerprint density at radius 1 is 1.06 bits per heavy atom. The number of carbonyl (C=O) groups is 1. The van der Waals surface area contributed by atoms with Crippen molar-refractivity contribution in [2.75, 3.05) is 45.2 Å². The summed E-state index contributed by atoms with van der Waals surface area (Å²) in [5, 5.41) is 0. The Hall–Kier alpha value is -2.77. The van der Waals surface area contributed by atoms with Gasteiger partial charge in [0.05, 0.1) is 19.8 Å². The Labute approximate surface area is 196 Å². The van der Waals surface area contributed by atoms with Crippen LogP contribution in [-0.2, 0) is 22.6 Å². The highest BCUT2D eigenvalue weighted by atomic mass is 16.5. The predicted molar refractivity (Wildman–Crippen MR) is 128 cm³/mol. The van der Waals surface area contributed by atoms with Crippen LogP contribution in [0.15, 0.2) is 42.5 Å². The van der Waals surface area contributed by atoms with Crippen molar-refractivity contribution in [3.63, 3.8) is 0 Å². The van der Waals surface area contributed by atoms with Gasteiger partial charge < -0.3 is 24.8 Å². The van der Waals surface area contributed by atoms with E-state index in [2.05, 4.69) is 18.7 Å². The number of morpholine rings is 1. The maximum absolute atomic E-state index is 13.5. The van der Waals surface area contributed by atoms with Crippen molar-refractivity contribution in [2.24, 2.45) is 5.92 Å². The molecule has 1 amide bonds. The summed E-state index contributed by atoms with van der Waals surface area (Å²) in [7, 11) is 0. The van der Waals surface area contributed by atoms with E-state index in [-0.39, 0.29) is 5.91 Å². The van der Waals surface area contributed by atoms with E-state index in [4.69, 9.17) is 19.9 Å². The quantitative estimate of drug-likeness (QED) is 0.648. The van der Waals surface area contributed by atoms with Crippen LogP contribution in [0.1, 0.15) is 31.4 Å². The van der Waals surface area contributed by atoms with Gasteiger partial charge in [-0.1, -0.05) is 32.0 Å². The molecule has 2 aromatic rings. The molecule has 1 atom stereocenters. The second-order valence-electron chi connectivity index (χ2n) is 9.28. The van der Waals surface area contributed by atoms with E-state index in [1.807, 2.05) is 47.4 Å². The normalized spacial score (nSPS) is 18.7. The number of nitrogens with zero attached hydrogens (tertiary/aromatic N) is 2. The largest absolute Gasteiger partial charge is 0.490 e. The molecule has 2 aliphatic rings. The van der Waals surface area contributed by atoms with Crippen LogP contribution in [0.3, 0.4) is 0 Å². The highest BCUT2D eigenvalue weighted by Crippen LogP contribution is 2.31. The van der Waals surface area contributed by atoms with Gasteiger partial charge in [0.2, 0.25) is 0 Å². The molecule has 0 radical (unpaired) electrons. The van der Waals surface area contributed by atoms with Crippen LogP contribution in [0.25, 0.3) is 0 Å². The number of fused-ring (bicyclic) bond motifs is 1. The minimum atomic E-state index is -0.466. The van der Waals surface area contributed by atoms with Crippen molar-refractivity contribution in [1.82, 2.24) is 9.80 Å². The van der Waals surface area contributed by atoms with Gasteiger partial charge in [-0.05, 0) is 41.3 Å². The molecule has 7 heteroatoms. The van der Waals surface area contributed by atoms with Crippen LogP contribution in [0, 0.1) is 5.92 Å². The summed E-state index contributed by atoms with van der Waals surface area (Å²) < 4.78 is 17.5. The lowest BCUT2D eigenvalue weighted by molar-refractivity contribution is -0.151. The highest BCUT2D eigenvalue weighted by Gasteiger charge is 2.31. The van der Waals surface area contributed by atoms with E-state index >= 15 is 0 Å². The molecule has 2 N–H and O–H groups in total. The molecule has 0 aliphatic carbocycles. The number of hydrogen-bond acceptors (Lipinski definition) is 6. The first-order chi connectivity index (χ1) is 16.0. The Morgan fingerprint density at radius 2 is 1.79 bits per heavy atom. The smallest absolute Gasteiger partial charge is 0.253 e. The van der Waals surface area contributed by atoms with Crippen LogP contribution in [0.4, 0.5) is 5.69 Å². The van der Waals surface area contributed by atoms with E-state index in [0.717, 1.165) is 42.3 Å². The van der Waals surface area contributed by atoms with Gasteiger partial charge in [-0.2, -0.15) is 0 Å². The second kappa shape index (κ2) is 10.9. The summed E-state index contributed by atoms with van der Waals surface area (Å²) in [5.74, 6) is 1.92. The van der Waals surface area contributed by atoms with E-state index in [9.17, 15) is 4.79 Å². The van der Waals surface area contributed by atoms with Gasteiger partial charge in [0.15, 0.2) is 11.5 Å². The van der Waals surface area contributed by atoms with Gasteiger partial charge in [0.1, 0.15) is 6.10 Å². The van der Waals surface area contributed by atoms with E-state index in [1.54, 1.807) is 0 Å². The highest BCUT2D eigenvalue weighted by molar-refractivity contribution is 5.81. The molecule has 1 unspecified atom stereocenters. The zero-order valence-electron chi connectivity index (χ0n) is 19.7. The molecule has 4 rings (SSSR count). The van der Waals surface area contributed by atoms with Crippen molar-refractivity contribution < 1.29 is 19.0 Å². The number of anilines is 1. The van der Waals surface area contributed by atoms with Crippen molar-refractivity contribution in [3.05, 3.63) is 53.6 Å². The van der Waals surface area contributed by atoms with Gasteiger partial charge in [-0.25, -0.2) is 0 Å². The van der Waals surface area contributed by atoms with E-state index < -0.39 is 6.10 Å². The Bertz CT molecular complexity index is 932. The molecule has 0 aromatic heterocycles. The first kappa shape index (κ1) is 23.4. The number of carbonyl (C=O) groups excluding carboxylic acids is 1. The molecule has 1 fully saturated rings.